The second kappa shape index (κ2) is 9.73. The Morgan fingerprint density at radius 2 is 1.65 bits per heavy atom. The number of halogens is 3. The number of likely N-dealkylation sites (tertiary alicyclic amines) is 2. The highest BCUT2D eigenvalue weighted by molar-refractivity contribution is 5.84. The number of hydrogen-bond donors (Lipinski definition) is 1. The van der Waals surface area contributed by atoms with Gasteiger partial charge in [-0.2, -0.15) is 0 Å². The topological polar surface area (TPSA) is 43.8 Å². The first-order chi connectivity index (χ1) is 14.8. The molecule has 2 heterocycles. The average Bonchev–Trinajstić information content (AvgIpc) is 3.11. The molecule has 0 aromatic heterocycles. The van der Waals surface area contributed by atoms with Crippen LogP contribution in [0.15, 0.2) is 48.5 Å². The Kier molecular flexibility index (Phi) is 7.26. The number of phenolic OH excluding ortho intramolecular Hbond substituents is 1. The molecule has 2 aromatic carbocycles. The van der Waals surface area contributed by atoms with E-state index >= 15 is 0 Å². The standard InChI is InChI=1S/C22H23F3N2O2.C2H6/c23-17-5-1-15(2-6-17)13-26-12-10-20(21(26)29)27-11-9-19(22(24,25)14-27)16-3-7-18(28)8-4-16;1-2/h1-8,19-20,28H,9-14H2;1-2H3. The summed E-state index contributed by atoms with van der Waals surface area (Å²) in [6, 6.07) is 11.3. The van der Waals surface area contributed by atoms with Gasteiger partial charge in [0.05, 0.1) is 18.5 Å². The smallest absolute Gasteiger partial charge is 0.267 e. The normalized spacial score (nSPS) is 23.4. The van der Waals surface area contributed by atoms with Crippen LogP contribution < -0.4 is 0 Å². The van der Waals surface area contributed by atoms with Gasteiger partial charge in [-0.1, -0.05) is 38.1 Å². The second-order valence-electron chi connectivity index (χ2n) is 7.86. The molecule has 0 spiro atoms. The first-order valence-corrected chi connectivity index (χ1v) is 10.8. The number of benzene rings is 2. The molecule has 2 aliphatic heterocycles. The van der Waals surface area contributed by atoms with E-state index in [0.29, 0.717) is 31.6 Å². The van der Waals surface area contributed by atoms with E-state index < -0.39 is 24.4 Å². The highest BCUT2D eigenvalue weighted by atomic mass is 19.3. The zero-order chi connectivity index (χ0) is 22.6. The van der Waals surface area contributed by atoms with Crippen molar-refractivity contribution in [2.75, 3.05) is 19.6 Å². The molecule has 2 aromatic rings. The van der Waals surface area contributed by atoms with E-state index in [1.165, 1.54) is 36.4 Å². The summed E-state index contributed by atoms with van der Waals surface area (Å²) in [4.78, 5) is 16.1. The lowest BCUT2D eigenvalue weighted by Gasteiger charge is -2.40. The lowest BCUT2D eigenvalue weighted by Crippen LogP contribution is -2.53. The van der Waals surface area contributed by atoms with Crippen LogP contribution in [0.4, 0.5) is 13.2 Å². The van der Waals surface area contributed by atoms with Gasteiger partial charge in [-0.3, -0.25) is 9.69 Å². The number of rotatable bonds is 4. The van der Waals surface area contributed by atoms with Gasteiger partial charge in [0.15, 0.2) is 0 Å². The molecule has 0 radical (unpaired) electrons. The van der Waals surface area contributed by atoms with Gasteiger partial charge in [0.2, 0.25) is 5.91 Å². The van der Waals surface area contributed by atoms with Gasteiger partial charge in [0.25, 0.3) is 5.92 Å². The molecule has 7 heteroatoms. The van der Waals surface area contributed by atoms with Crippen molar-refractivity contribution in [3.63, 3.8) is 0 Å². The minimum Gasteiger partial charge on any atom is -0.508 e. The lowest BCUT2D eigenvalue weighted by atomic mass is 9.85. The number of phenols is 1. The molecule has 1 N–H and O–H groups in total. The van der Waals surface area contributed by atoms with E-state index in [4.69, 9.17) is 0 Å². The number of amides is 1. The highest BCUT2D eigenvalue weighted by Gasteiger charge is 2.49. The van der Waals surface area contributed by atoms with Crippen LogP contribution in [0.5, 0.6) is 5.75 Å². The Hall–Kier alpha value is -2.54. The van der Waals surface area contributed by atoms with Crippen molar-refractivity contribution in [2.45, 2.75) is 51.1 Å². The fourth-order valence-electron chi connectivity index (χ4n) is 4.38. The van der Waals surface area contributed by atoms with Crippen molar-refractivity contribution in [1.82, 2.24) is 9.80 Å². The Bertz CT molecular complexity index is 871. The SMILES string of the molecule is CC.O=C1C(N2CCC(c3ccc(O)cc3)C(F)(F)C2)CCN1Cc1ccc(F)cc1. The van der Waals surface area contributed by atoms with Gasteiger partial charge in [-0.05, 0) is 54.8 Å². The molecule has 0 bridgehead atoms. The fraction of sp³-hybridized carbons (Fsp3) is 0.458. The maximum atomic E-state index is 14.9. The van der Waals surface area contributed by atoms with E-state index in [2.05, 4.69) is 0 Å². The molecule has 0 saturated carbocycles. The molecule has 31 heavy (non-hydrogen) atoms. The quantitative estimate of drug-likeness (QED) is 0.753. The first-order valence-electron chi connectivity index (χ1n) is 10.8. The number of nitrogens with zero attached hydrogens (tertiary/aromatic N) is 2. The van der Waals surface area contributed by atoms with Crippen molar-refractivity contribution >= 4 is 5.91 Å². The Morgan fingerprint density at radius 1 is 1.00 bits per heavy atom. The summed E-state index contributed by atoms with van der Waals surface area (Å²) in [7, 11) is 0. The van der Waals surface area contributed by atoms with Crippen molar-refractivity contribution in [3.05, 3.63) is 65.5 Å². The van der Waals surface area contributed by atoms with Gasteiger partial charge in [-0.25, -0.2) is 13.2 Å². The minimum atomic E-state index is -2.96. The summed E-state index contributed by atoms with van der Waals surface area (Å²) >= 11 is 0. The molecule has 0 aliphatic carbocycles. The molecule has 2 aliphatic rings. The molecule has 4 nitrogen and oxygen atoms in total. The van der Waals surface area contributed by atoms with Crippen LogP contribution in [0.3, 0.4) is 0 Å². The van der Waals surface area contributed by atoms with E-state index in [1.807, 2.05) is 13.8 Å². The number of alkyl halides is 2. The second-order valence-corrected chi connectivity index (χ2v) is 7.86. The molecule has 2 unspecified atom stereocenters. The predicted molar refractivity (Wildman–Crippen MR) is 114 cm³/mol. The molecule has 2 fully saturated rings. The van der Waals surface area contributed by atoms with Crippen LogP contribution >= 0.6 is 0 Å². The molecular weight excluding hydrogens is 405 g/mol. The van der Waals surface area contributed by atoms with Crippen molar-refractivity contribution in [3.8, 4) is 5.75 Å². The monoisotopic (exact) mass is 434 g/mol. The first kappa shape index (κ1) is 23.1. The molecule has 2 saturated heterocycles. The van der Waals surface area contributed by atoms with Gasteiger partial charge in [0, 0.05) is 13.1 Å². The fourth-order valence-corrected chi connectivity index (χ4v) is 4.38. The van der Waals surface area contributed by atoms with Crippen molar-refractivity contribution in [1.29, 1.82) is 0 Å². The third-order valence-electron chi connectivity index (χ3n) is 5.92. The maximum Gasteiger partial charge on any atom is 0.267 e. The number of carbonyl (C=O) groups excluding carboxylic acids is 1. The van der Waals surface area contributed by atoms with Crippen molar-refractivity contribution < 1.29 is 23.1 Å². The number of hydrogen-bond acceptors (Lipinski definition) is 3. The summed E-state index contributed by atoms with van der Waals surface area (Å²) in [5, 5.41) is 9.39. The minimum absolute atomic E-state index is 0.0484. The maximum absolute atomic E-state index is 14.9. The Labute approximate surface area is 181 Å². The van der Waals surface area contributed by atoms with Gasteiger partial charge < -0.3 is 10.0 Å². The molecule has 168 valence electrons. The summed E-state index contributed by atoms with van der Waals surface area (Å²) in [6.07, 6.45) is 0.763. The third-order valence-corrected chi connectivity index (χ3v) is 5.92. The molecule has 2 atom stereocenters. The Morgan fingerprint density at radius 3 is 2.26 bits per heavy atom. The highest BCUT2D eigenvalue weighted by Crippen LogP contribution is 2.42. The molecule has 1 amide bonds. The van der Waals surface area contributed by atoms with E-state index in [1.54, 1.807) is 21.9 Å². The zero-order valence-electron chi connectivity index (χ0n) is 17.9. The molecular formula is C24H29F3N2O2. The van der Waals surface area contributed by atoms with E-state index in [0.717, 1.165) is 5.56 Å². The van der Waals surface area contributed by atoms with Crippen LogP contribution in [-0.4, -0.2) is 52.4 Å². The number of carbonyl (C=O) groups is 1. The van der Waals surface area contributed by atoms with Gasteiger partial charge in [0.1, 0.15) is 11.6 Å². The zero-order valence-corrected chi connectivity index (χ0v) is 17.9. The van der Waals surface area contributed by atoms with Crippen LogP contribution in [-0.2, 0) is 11.3 Å². The van der Waals surface area contributed by atoms with Crippen LogP contribution in [0.25, 0.3) is 0 Å². The summed E-state index contributed by atoms with van der Waals surface area (Å²) in [5.74, 6) is -4.32. The molecule has 4 rings (SSSR count). The number of aromatic hydroxyl groups is 1. The van der Waals surface area contributed by atoms with Gasteiger partial charge >= 0.3 is 0 Å². The van der Waals surface area contributed by atoms with Crippen LogP contribution in [0, 0.1) is 5.82 Å². The number of piperidine rings is 1. The third kappa shape index (κ3) is 5.21. The predicted octanol–water partition coefficient (Wildman–Crippen LogP) is 4.78. The van der Waals surface area contributed by atoms with Gasteiger partial charge in [-0.15, -0.1) is 0 Å². The summed E-state index contributed by atoms with van der Waals surface area (Å²) in [6.45, 7) is 4.82. The van der Waals surface area contributed by atoms with E-state index in [9.17, 15) is 23.1 Å². The van der Waals surface area contributed by atoms with E-state index in [-0.39, 0.29) is 23.9 Å². The summed E-state index contributed by atoms with van der Waals surface area (Å²) < 4.78 is 42.9. The van der Waals surface area contributed by atoms with Crippen molar-refractivity contribution in [2.24, 2.45) is 0 Å². The van der Waals surface area contributed by atoms with Crippen LogP contribution in [0.2, 0.25) is 0 Å². The average molecular weight is 435 g/mol. The lowest BCUT2D eigenvalue weighted by molar-refractivity contribution is -0.137. The Balaban J connectivity index is 0.00000132. The largest absolute Gasteiger partial charge is 0.508 e. The van der Waals surface area contributed by atoms with Crippen LogP contribution in [0.1, 0.15) is 43.7 Å². The summed E-state index contributed by atoms with van der Waals surface area (Å²) in [5.41, 5.74) is 1.32.